The molecule has 0 fully saturated rings. The van der Waals surface area contributed by atoms with Gasteiger partial charge in [-0.3, -0.25) is 4.98 Å². The Kier molecular flexibility index (Phi) is 4.07. The number of fused-ring (bicyclic) bond motifs is 1. The van der Waals surface area contributed by atoms with Gasteiger partial charge in [0.05, 0.1) is 18.2 Å². The molecule has 3 N–H and O–H groups in total. The van der Waals surface area contributed by atoms with Crippen molar-refractivity contribution in [3.05, 3.63) is 40.5 Å². The number of rotatable bonds is 5. The number of carboxylic acid groups (broad SMARTS) is 1. The van der Waals surface area contributed by atoms with Crippen molar-refractivity contribution in [2.75, 3.05) is 11.9 Å². The van der Waals surface area contributed by atoms with E-state index in [1.807, 2.05) is 0 Å². The van der Waals surface area contributed by atoms with Gasteiger partial charge in [0, 0.05) is 11.8 Å². The molecule has 110 valence electrons. The summed E-state index contributed by atoms with van der Waals surface area (Å²) in [5.74, 6) is -2.69. The van der Waals surface area contributed by atoms with E-state index in [9.17, 15) is 14.4 Å². The molecule has 0 bridgehead atoms. The second-order valence-corrected chi connectivity index (χ2v) is 3.97. The summed E-state index contributed by atoms with van der Waals surface area (Å²) in [7, 11) is 0. The lowest BCUT2D eigenvalue weighted by atomic mass is 10.2. The second kappa shape index (κ2) is 5.95. The Bertz CT molecular complexity index is 770. The molecule has 0 amide bonds. The minimum atomic E-state index is -1.29. The van der Waals surface area contributed by atoms with Gasteiger partial charge in [0.15, 0.2) is 5.58 Å². The third-order valence-electron chi connectivity index (χ3n) is 2.46. The maximum atomic E-state index is 11.7. The molecule has 0 atom stereocenters. The highest BCUT2D eigenvalue weighted by Gasteiger charge is 2.13. The lowest BCUT2D eigenvalue weighted by molar-refractivity contribution is -0.139. The average Bonchev–Trinajstić information content (AvgIpc) is 2.77. The fourth-order valence-electron chi connectivity index (χ4n) is 1.66. The Hall–Kier alpha value is -3.03. The van der Waals surface area contributed by atoms with Crippen molar-refractivity contribution in [3.63, 3.8) is 0 Å². The van der Waals surface area contributed by atoms with Crippen molar-refractivity contribution >= 4 is 28.7 Å². The van der Waals surface area contributed by atoms with E-state index in [2.05, 4.69) is 10.3 Å². The first-order chi connectivity index (χ1) is 9.99. The molecule has 0 saturated heterocycles. The first kappa shape index (κ1) is 14.4. The first-order valence-corrected chi connectivity index (χ1v) is 6.01. The van der Waals surface area contributed by atoms with E-state index in [1.54, 1.807) is 19.1 Å². The van der Waals surface area contributed by atoms with Crippen molar-refractivity contribution in [1.29, 1.82) is 0 Å². The van der Waals surface area contributed by atoms with E-state index in [0.29, 0.717) is 17.3 Å². The molecule has 0 aliphatic carbocycles. The fourth-order valence-corrected chi connectivity index (χ4v) is 1.66. The van der Waals surface area contributed by atoms with Crippen molar-refractivity contribution in [2.24, 2.45) is 0 Å². The highest BCUT2D eigenvalue weighted by molar-refractivity contribution is 5.98. The molecule has 0 spiro atoms. The largest absolute Gasteiger partial charge is 0.478 e. The van der Waals surface area contributed by atoms with Gasteiger partial charge in [-0.05, 0) is 19.1 Å². The van der Waals surface area contributed by atoms with Crippen LogP contribution in [-0.2, 0) is 14.3 Å². The monoisotopic (exact) mass is 292 g/mol. The number of H-pyrrole nitrogens is 1. The second-order valence-electron chi connectivity index (χ2n) is 3.97. The number of carbonyl (C=O) groups excluding carboxylic acids is 1. The topological polar surface area (TPSA) is 122 Å². The Labute approximate surface area is 118 Å². The molecule has 2 aromatic rings. The number of nitrogens with one attached hydrogen (secondary N) is 2. The summed E-state index contributed by atoms with van der Waals surface area (Å²) in [6.07, 6.45) is 0.704. The molecular formula is C13H12N2O6. The van der Waals surface area contributed by atoms with E-state index in [1.165, 1.54) is 6.07 Å². The predicted octanol–water partition coefficient (Wildman–Crippen LogP) is 1.06. The number of aromatic amines is 1. The quantitative estimate of drug-likeness (QED) is 0.556. The van der Waals surface area contributed by atoms with Gasteiger partial charge in [0.2, 0.25) is 0 Å². The number of aromatic nitrogens is 1. The van der Waals surface area contributed by atoms with E-state index < -0.39 is 17.7 Å². The Morgan fingerprint density at radius 3 is 2.90 bits per heavy atom. The molecule has 8 nitrogen and oxygen atoms in total. The molecule has 1 aromatic carbocycles. The number of aliphatic carboxylic acids is 1. The molecule has 2 rings (SSSR count). The number of benzene rings is 1. The zero-order valence-corrected chi connectivity index (χ0v) is 11.0. The summed E-state index contributed by atoms with van der Waals surface area (Å²) in [6.45, 7) is 1.72. The maximum absolute atomic E-state index is 11.7. The number of hydrogen-bond acceptors (Lipinski definition) is 6. The molecule has 0 aliphatic heterocycles. The summed E-state index contributed by atoms with van der Waals surface area (Å²) < 4.78 is 9.63. The zero-order valence-electron chi connectivity index (χ0n) is 11.0. The molecule has 1 heterocycles. The van der Waals surface area contributed by atoms with Gasteiger partial charge in [-0.1, -0.05) is 0 Å². The van der Waals surface area contributed by atoms with Crippen LogP contribution in [0.5, 0.6) is 0 Å². The summed E-state index contributed by atoms with van der Waals surface area (Å²) in [5.41, 5.74) is 0.918. The lowest BCUT2D eigenvalue weighted by Gasteiger charge is -2.09. The van der Waals surface area contributed by atoms with Crippen LogP contribution in [0, 0.1) is 0 Å². The SMILES string of the molecule is CCOC(=O)C(=CC(=O)O)Nc1ccc2[nH]c(=O)oc2c1. The van der Waals surface area contributed by atoms with Gasteiger partial charge < -0.3 is 19.6 Å². The minimum absolute atomic E-state index is 0.114. The maximum Gasteiger partial charge on any atom is 0.417 e. The number of hydrogen-bond donors (Lipinski definition) is 3. The van der Waals surface area contributed by atoms with Crippen LogP contribution in [0.15, 0.2) is 39.2 Å². The number of anilines is 1. The van der Waals surface area contributed by atoms with Crippen LogP contribution in [0.4, 0.5) is 5.69 Å². The summed E-state index contributed by atoms with van der Waals surface area (Å²) in [6, 6.07) is 4.58. The van der Waals surface area contributed by atoms with Crippen molar-refractivity contribution in [1.82, 2.24) is 4.98 Å². The van der Waals surface area contributed by atoms with Crippen LogP contribution in [0.2, 0.25) is 0 Å². The van der Waals surface area contributed by atoms with Gasteiger partial charge in [0.1, 0.15) is 5.70 Å². The molecule has 0 saturated carbocycles. The minimum Gasteiger partial charge on any atom is -0.478 e. The summed E-state index contributed by atoms with van der Waals surface area (Å²) in [5, 5.41) is 11.4. The predicted molar refractivity (Wildman–Crippen MR) is 72.8 cm³/mol. The van der Waals surface area contributed by atoms with Crippen LogP contribution in [0.1, 0.15) is 6.92 Å². The van der Waals surface area contributed by atoms with Crippen molar-refractivity contribution in [3.8, 4) is 0 Å². The number of carboxylic acids is 1. The molecule has 0 radical (unpaired) electrons. The van der Waals surface area contributed by atoms with Gasteiger partial charge in [-0.15, -0.1) is 0 Å². The molecule has 0 unspecified atom stereocenters. The van der Waals surface area contributed by atoms with Gasteiger partial charge in [-0.2, -0.15) is 0 Å². The van der Waals surface area contributed by atoms with E-state index in [0.717, 1.165) is 0 Å². The highest BCUT2D eigenvalue weighted by atomic mass is 16.5. The van der Waals surface area contributed by atoms with Crippen LogP contribution >= 0.6 is 0 Å². The highest BCUT2D eigenvalue weighted by Crippen LogP contribution is 2.18. The number of ether oxygens (including phenoxy) is 1. The van der Waals surface area contributed by atoms with Crippen LogP contribution in [0.3, 0.4) is 0 Å². The van der Waals surface area contributed by atoms with Gasteiger partial charge in [0.25, 0.3) is 0 Å². The molecule has 0 aliphatic rings. The van der Waals surface area contributed by atoms with Gasteiger partial charge in [-0.25, -0.2) is 14.4 Å². The number of esters is 1. The number of oxazole rings is 1. The third-order valence-corrected chi connectivity index (χ3v) is 2.46. The standard InChI is InChI=1S/C13H12N2O6/c1-2-20-12(18)9(6-11(16)17)14-7-3-4-8-10(5-7)21-13(19)15-8/h3-6,14H,2H2,1H3,(H,15,19)(H,16,17). The molecular weight excluding hydrogens is 280 g/mol. The third kappa shape index (κ3) is 3.50. The van der Waals surface area contributed by atoms with Crippen molar-refractivity contribution in [2.45, 2.75) is 6.92 Å². The van der Waals surface area contributed by atoms with Crippen molar-refractivity contribution < 1.29 is 23.8 Å². The zero-order chi connectivity index (χ0) is 15.4. The normalized spacial score (nSPS) is 11.4. The summed E-state index contributed by atoms with van der Waals surface area (Å²) >= 11 is 0. The smallest absolute Gasteiger partial charge is 0.417 e. The van der Waals surface area contributed by atoms with Crippen LogP contribution < -0.4 is 11.1 Å². The Balaban J connectivity index is 2.31. The molecule has 8 heteroatoms. The van der Waals surface area contributed by atoms with E-state index >= 15 is 0 Å². The average molecular weight is 292 g/mol. The molecule has 1 aromatic heterocycles. The summed E-state index contributed by atoms with van der Waals surface area (Å²) in [4.78, 5) is 35.9. The van der Waals surface area contributed by atoms with Crippen LogP contribution in [0.25, 0.3) is 11.1 Å². The molecule has 21 heavy (non-hydrogen) atoms. The fraction of sp³-hybridized carbons (Fsp3) is 0.154. The van der Waals surface area contributed by atoms with E-state index in [4.69, 9.17) is 14.3 Å². The lowest BCUT2D eigenvalue weighted by Crippen LogP contribution is -2.16. The van der Waals surface area contributed by atoms with E-state index in [-0.39, 0.29) is 17.9 Å². The van der Waals surface area contributed by atoms with Crippen LogP contribution in [-0.4, -0.2) is 28.6 Å². The Morgan fingerprint density at radius 1 is 1.48 bits per heavy atom. The van der Waals surface area contributed by atoms with Gasteiger partial charge >= 0.3 is 17.7 Å². The Morgan fingerprint density at radius 2 is 2.24 bits per heavy atom. The number of carbonyl (C=O) groups is 2. The first-order valence-electron chi connectivity index (χ1n) is 6.01.